The zero-order valence-electron chi connectivity index (χ0n) is 13.4. The van der Waals surface area contributed by atoms with Crippen molar-refractivity contribution in [1.82, 2.24) is 5.32 Å². The van der Waals surface area contributed by atoms with E-state index in [2.05, 4.69) is 68.6 Å². The molecule has 0 heterocycles. The number of hydrogen-bond donors (Lipinski definition) is 1. The predicted molar refractivity (Wildman–Crippen MR) is 89.0 cm³/mol. The van der Waals surface area contributed by atoms with Crippen molar-refractivity contribution in [2.75, 3.05) is 13.7 Å². The second-order valence-electron chi connectivity index (χ2n) is 5.47. The van der Waals surface area contributed by atoms with Crippen LogP contribution in [0.15, 0.2) is 42.5 Å². The van der Waals surface area contributed by atoms with E-state index in [1.807, 2.05) is 0 Å². The van der Waals surface area contributed by atoms with Crippen molar-refractivity contribution in [3.05, 3.63) is 64.7 Å². The molecule has 0 aromatic heterocycles. The van der Waals surface area contributed by atoms with Gasteiger partial charge in [0.15, 0.2) is 0 Å². The van der Waals surface area contributed by atoms with Crippen LogP contribution in [0.2, 0.25) is 0 Å². The third-order valence-electron chi connectivity index (χ3n) is 3.85. The topological polar surface area (TPSA) is 21.3 Å². The summed E-state index contributed by atoms with van der Waals surface area (Å²) in [5.41, 5.74) is 5.12. The molecule has 0 saturated heterocycles. The molecule has 1 N–H and O–H groups in total. The normalized spacial score (nSPS) is 12.2. The second-order valence-corrected chi connectivity index (χ2v) is 5.47. The fourth-order valence-electron chi connectivity index (χ4n) is 2.69. The number of methoxy groups -OCH3 is 1. The quantitative estimate of drug-likeness (QED) is 0.848. The lowest BCUT2D eigenvalue weighted by atomic mass is 9.93. The van der Waals surface area contributed by atoms with E-state index < -0.39 is 0 Å². The minimum absolute atomic E-state index is 0.232. The predicted octanol–water partition coefficient (Wildman–Crippen LogP) is 4.40. The molecule has 0 aliphatic carbocycles. The molecule has 2 aromatic carbocycles. The van der Waals surface area contributed by atoms with Gasteiger partial charge in [0.2, 0.25) is 0 Å². The van der Waals surface area contributed by atoms with E-state index in [1.54, 1.807) is 7.11 Å². The summed E-state index contributed by atoms with van der Waals surface area (Å²) in [6, 6.07) is 15.3. The molecule has 0 aliphatic rings. The molecule has 0 fully saturated rings. The number of hydrogen-bond acceptors (Lipinski definition) is 2. The molecular weight excluding hydrogens is 258 g/mol. The van der Waals surface area contributed by atoms with Gasteiger partial charge in [-0.2, -0.15) is 0 Å². The summed E-state index contributed by atoms with van der Waals surface area (Å²) in [5.74, 6) is 0.942. The molecule has 1 unspecified atom stereocenters. The highest BCUT2D eigenvalue weighted by molar-refractivity contribution is 5.42. The van der Waals surface area contributed by atoms with Gasteiger partial charge in [-0.1, -0.05) is 43.3 Å². The molecule has 0 amide bonds. The molecule has 0 radical (unpaired) electrons. The fourth-order valence-corrected chi connectivity index (χ4v) is 2.69. The summed E-state index contributed by atoms with van der Waals surface area (Å²) in [6.45, 7) is 7.47. The highest BCUT2D eigenvalue weighted by atomic mass is 16.5. The lowest BCUT2D eigenvalue weighted by Gasteiger charge is -2.22. The Bertz CT molecular complexity index is 592. The van der Waals surface area contributed by atoms with Crippen LogP contribution < -0.4 is 10.1 Å². The van der Waals surface area contributed by atoms with Crippen LogP contribution >= 0.6 is 0 Å². The first kappa shape index (κ1) is 15.6. The van der Waals surface area contributed by atoms with Crippen LogP contribution in [-0.2, 0) is 0 Å². The molecule has 0 saturated carbocycles. The first-order chi connectivity index (χ1) is 10.2. The van der Waals surface area contributed by atoms with Crippen molar-refractivity contribution in [3.8, 4) is 5.75 Å². The van der Waals surface area contributed by atoms with E-state index in [9.17, 15) is 0 Å². The van der Waals surface area contributed by atoms with Crippen molar-refractivity contribution >= 4 is 0 Å². The Balaban J connectivity index is 2.40. The molecular formula is C19H25NO. The zero-order chi connectivity index (χ0) is 15.2. The van der Waals surface area contributed by atoms with E-state index in [1.165, 1.54) is 22.3 Å². The summed E-state index contributed by atoms with van der Waals surface area (Å²) in [6.07, 6.45) is 1.12. The maximum atomic E-state index is 5.37. The minimum atomic E-state index is 0.232. The SMILES string of the molecule is CCCNC(c1ccc(OC)c(C)c1)c1ccccc1C. The average Bonchev–Trinajstić information content (AvgIpc) is 2.49. The average molecular weight is 283 g/mol. The van der Waals surface area contributed by atoms with Crippen molar-refractivity contribution in [2.45, 2.75) is 33.2 Å². The van der Waals surface area contributed by atoms with Gasteiger partial charge < -0.3 is 10.1 Å². The monoisotopic (exact) mass is 283 g/mol. The number of ether oxygens (including phenoxy) is 1. The van der Waals surface area contributed by atoms with Crippen molar-refractivity contribution in [2.24, 2.45) is 0 Å². The van der Waals surface area contributed by atoms with Gasteiger partial charge in [0.1, 0.15) is 5.75 Å². The van der Waals surface area contributed by atoms with E-state index in [4.69, 9.17) is 4.74 Å². The van der Waals surface area contributed by atoms with E-state index in [0.29, 0.717) is 0 Å². The Morgan fingerprint density at radius 1 is 1.05 bits per heavy atom. The van der Waals surface area contributed by atoms with Crippen LogP contribution in [0.5, 0.6) is 5.75 Å². The summed E-state index contributed by atoms with van der Waals surface area (Å²) >= 11 is 0. The Hall–Kier alpha value is -1.80. The lowest BCUT2D eigenvalue weighted by Crippen LogP contribution is -2.24. The van der Waals surface area contributed by atoms with Gasteiger partial charge in [0, 0.05) is 0 Å². The zero-order valence-corrected chi connectivity index (χ0v) is 13.4. The Labute approximate surface area is 128 Å². The van der Waals surface area contributed by atoms with Gasteiger partial charge in [0.05, 0.1) is 13.2 Å². The molecule has 0 spiro atoms. The number of aryl methyl sites for hydroxylation is 2. The lowest BCUT2D eigenvalue weighted by molar-refractivity contribution is 0.411. The van der Waals surface area contributed by atoms with E-state index in [-0.39, 0.29) is 6.04 Å². The van der Waals surface area contributed by atoms with Gasteiger partial charge in [-0.25, -0.2) is 0 Å². The molecule has 2 rings (SSSR count). The first-order valence-corrected chi connectivity index (χ1v) is 7.60. The Morgan fingerprint density at radius 2 is 1.81 bits per heavy atom. The number of nitrogens with one attached hydrogen (secondary N) is 1. The minimum Gasteiger partial charge on any atom is -0.496 e. The van der Waals surface area contributed by atoms with Crippen LogP contribution in [0.1, 0.15) is 41.6 Å². The number of benzene rings is 2. The molecule has 2 nitrogen and oxygen atoms in total. The van der Waals surface area contributed by atoms with Crippen molar-refractivity contribution in [3.63, 3.8) is 0 Å². The van der Waals surface area contributed by atoms with E-state index >= 15 is 0 Å². The Morgan fingerprint density at radius 3 is 2.43 bits per heavy atom. The van der Waals surface area contributed by atoms with Gasteiger partial charge in [0.25, 0.3) is 0 Å². The van der Waals surface area contributed by atoms with Gasteiger partial charge in [-0.3, -0.25) is 0 Å². The summed E-state index contributed by atoms with van der Waals surface area (Å²) in [7, 11) is 1.72. The van der Waals surface area contributed by atoms with Crippen LogP contribution in [0, 0.1) is 13.8 Å². The smallest absolute Gasteiger partial charge is 0.121 e. The van der Waals surface area contributed by atoms with Crippen molar-refractivity contribution in [1.29, 1.82) is 0 Å². The molecule has 112 valence electrons. The largest absolute Gasteiger partial charge is 0.496 e. The second kappa shape index (κ2) is 7.28. The Kier molecular flexibility index (Phi) is 5.40. The van der Waals surface area contributed by atoms with Gasteiger partial charge in [-0.15, -0.1) is 0 Å². The van der Waals surface area contributed by atoms with Crippen LogP contribution in [0.4, 0.5) is 0 Å². The highest BCUT2D eigenvalue weighted by Crippen LogP contribution is 2.28. The fraction of sp³-hybridized carbons (Fsp3) is 0.368. The van der Waals surface area contributed by atoms with Gasteiger partial charge >= 0.3 is 0 Å². The maximum absolute atomic E-state index is 5.37. The van der Waals surface area contributed by atoms with Crippen LogP contribution in [-0.4, -0.2) is 13.7 Å². The molecule has 2 aromatic rings. The summed E-state index contributed by atoms with van der Waals surface area (Å²) < 4.78 is 5.37. The molecule has 0 aliphatic heterocycles. The first-order valence-electron chi connectivity index (χ1n) is 7.60. The van der Waals surface area contributed by atoms with E-state index in [0.717, 1.165) is 18.7 Å². The summed E-state index contributed by atoms with van der Waals surface area (Å²) in [5, 5.41) is 3.67. The van der Waals surface area contributed by atoms with Crippen LogP contribution in [0.25, 0.3) is 0 Å². The summed E-state index contributed by atoms with van der Waals surface area (Å²) in [4.78, 5) is 0. The maximum Gasteiger partial charge on any atom is 0.121 e. The molecule has 21 heavy (non-hydrogen) atoms. The molecule has 0 bridgehead atoms. The van der Waals surface area contributed by atoms with Crippen molar-refractivity contribution < 1.29 is 4.74 Å². The standard InChI is InChI=1S/C19H25NO/c1-5-12-20-19(17-9-7-6-8-14(17)2)16-10-11-18(21-4)15(3)13-16/h6-11,13,19-20H,5,12H2,1-4H3. The van der Waals surface area contributed by atoms with Crippen LogP contribution in [0.3, 0.4) is 0 Å². The number of rotatable bonds is 6. The highest BCUT2D eigenvalue weighted by Gasteiger charge is 2.16. The third-order valence-corrected chi connectivity index (χ3v) is 3.85. The molecule has 2 heteroatoms. The van der Waals surface area contributed by atoms with Gasteiger partial charge in [-0.05, 0) is 55.1 Å². The third kappa shape index (κ3) is 3.64. The molecule has 1 atom stereocenters.